The third kappa shape index (κ3) is 9.53. The summed E-state index contributed by atoms with van der Waals surface area (Å²) in [5, 5.41) is 17.3. The maximum absolute atomic E-state index is 10.7. The minimum atomic E-state index is -0.619. The monoisotopic (exact) mass is 519 g/mol. The summed E-state index contributed by atoms with van der Waals surface area (Å²) < 4.78 is 11.3. The van der Waals surface area contributed by atoms with E-state index in [1.165, 1.54) is 6.42 Å². The zero-order valence-corrected chi connectivity index (χ0v) is 20.5. The van der Waals surface area contributed by atoms with Crippen molar-refractivity contribution in [2.24, 2.45) is 4.99 Å². The van der Waals surface area contributed by atoms with Crippen LogP contribution >= 0.6 is 24.0 Å². The Morgan fingerprint density at radius 3 is 2.59 bits per heavy atom. The molecule has 0 saturated heterocycles. The van der Waals surface area contributed by atoms with Gasteiger partial charge in [0.2, 0.25) is 0 Å². The summed E-state index contributed by atoms with van der Waals surface area (Å²) in [4.78, 5) is 4.71. The van der Waals surface area contributed by atoms with Gasteiger partial charge in [0, 0.05) is 25.3 Å². The minimum Gasteiger partial charge on any atom is -0.491 e. The fraction of sp³-hybridized carbons (Fsp3) is 0.682. The molecule has 166 valence electrons. The van der Waals surface area contributed by atoms with Crippen molar-refractivity contribution in [3.8, 4) is 5.75 Å². The number of aliphatic imine (C=N–C) groups is 1. The standard InChI is InChI=1S/C22H37N3O3.HI/c1-4-23-21(25-17-22(26)11-7-6-8-12-22)24-16-19-10-9-18(3)15-20(19)28-14-13-27-5-2;/h9-10,15,26H,4-8,11-14,16-17H2,1-3H3,(H2,23,24,25);1H. The van der Waals surface area contributed by atoms with Crippen LogP contribution in [0, 0.1) is 6.92 Å². The Kier molecular flexibility index (Phi) is 12.6. The molecular formula is C22H38IN3O3. The molecule has 7 heteroatoms. The second kappa shape index (κ2) is 14.0. The second-order valence-corrected chi connectivity index (χ2v) is 7.49. The van der Waals surface area contributed by atoms with Gasteiger partial charge in [-0.3, -0.25) is 0 Å². The molecule has 1 aliphatic rings. The zero-order valence-electron chi connectivity index (χ0n) is 18.1. The second-order valence-electron chi connectivity index (χ2n) is 7.49. The average molecular weight is 519 g/mol. The van der Waals surface area contributed by atoms with E-state index in [2.05, 4.69) is 29.7 Å². The number of nitrogens with one attached hydrogen (secondary N) is 2. The maximum Gasteiger partial charge on any atom is 0.191 e. The van der Waals surface area contributed by atoms with Gasteiger partial charge in [0.1, 0.15) is 12.4 Å². The smallest absolute Gasteiger partial charge is 0.191 e. The number of nitrogens with zero attached hydrogens (tertiary/aromatic N) is 1. The quantitative estimate of drug-likeness (QED) is 0.190. The Balaban J connectivity index is 0.00000420. The summed E-state index contributed by atoms with van der Waals surface area (Å²) in [6.45, 7) is 9.69. The van der Waals surface area contributed by atoms with Gasteiger partial charge >= 0.3 is 0 Å². The highest BCUT2D eigenvalue weighted by Crippen LogP contribution is 2.27. The summed E-state index contributed by atoms with van der Waals surface area (Å²) in [5.74, 6) is 1.58. The zero-order chi connectivity index (χ0) is 20.2. The predicted molar refractivity (Wildman–Crippen MR) is 129 cm³/mol. The molecule has 0 heterocycles. The molecular weight excluding hydrogens is 481 g/mol. The third-order valence-electron chi connectivity index (χ3n) is 5.03. The van der Waals surface area contributed by atoms with Crippen LogP contribution in [-0.4, -0.2) is 49.6 Å². The van der Waals surface area contributed by atoms with Crippen LogP contribution in [0.2, 0.25) is 0 Å². The van der Waals surface area contributed by atoms with Gasteiger partial charge in [0.25, 0.3) is 0 Å². The van der Waals surface area contributed by atoms with E-state index in [0.29, 0.717) is 32.9 Å². The van der Waals surface area contributed by atoms with Crippen LogP contribution < -0.4 is 15.4 Å². The van der Waals surface area contributed by atoms with E-state index in [-0.39, 0.29) is 24.0 Å². The average Bonchev–Trinajstić information content (AvgIpc) is 2.69. The van der Waals surface area contributed by atoms with Crippen molar-refractivity contribution in [3.05, 3.63) is 29.3 Å². The minimum absolute atomic E-state index is 0. The molecule has 2 rings (SSSR count). The van der Waals surface area contributed by atoms with Gasteiger partial charge in [-0.25, -0.2) is 4.99 Å². The van der Waals surface area contributed by atoms with Crippen molar-refractivity contribution in [2.75, 3.05) is 32.9 Å². The summed E-state index contributed by atoms with van der Waals surface area (Å²) in [5.41, 5.74) is 1.57. The summed E-state index contributed by atoms with van der Waals surface area (Å²) >= 11 is 0. The van der Waals surface area contributed by atoms with Crippen molar-refractivity contribution in [3.63, 3.8) is 0 Å². The number of guanidine groups is 1. The summed E-state index contributed by atoms with van der Waals surface area (Å²) in [6, 6.07) is 6.18. The third-order valence-corrected chi connectivity index (χ3v) is 5.03. The Bertz CT molecular complexity index is 619. The molecule has 29 heavy (non-hydrogen) atoms. The van der Waals surface area contributed by atoms with Crippen LogP contribution in [0.4, 0.5) is 0 Å². The lowest BCUT2D eigenvalue weighted by Crippen LogP contribution is -2.48. The lowest BCUT2D eigenvalue weighted by atomic mass is 9.85. The van der Waals surface area contributed by atoms with Gasteiger partial charge in [-0.05, 0) is 45.2 Å². The van der Waals surface area contributed by atoms with Crippen LogP contribution in [0.3, 0.4) is 0 Å². The number of aryl methyl sites for hydroxylation is 1. The fourth-order valence-corrected chi connectivity index (χ4v) is 3.42. The number of ether oxygens (including phenoxy) is 2. The van der Waals surface area contributed by atoms with Crippen molar-refractivity contribution in [1.82, 2.24) is 10.6 Å². The topological polar surface area (TPSA) is 75.1 Å². The van der Waals surface area contributed by atoms with E-state index in [1.54, 1.807) is 0 Å². The Morgan fingerprint density at radius 2 is 1.90 bits per heavy atom. The molecule has 1 aliphatic carbocycles. The highest BCUT2D eigenvalue weighted by atomic mass is 127. The van der Waals surface area contributed by atoms with E-state index in [1.807, 2.05) is 19.9 Å². The van der Waals surface area contributed by atoms with Gasteiger partial charge in [-0.15, -0.1) is 24.0 Å². The van der Waals surface area contributed by atoms with Crippen molar-refractivity contribution in [2.45, 2.75) is 65.0 Å². The molecule has 1 aromatic rings. The van der Waals surface area contributed by atoms with E-state index in [9.17, 15) is 5.11 Å². The van der Waals surface area contributed by atoms with Crippen LogP contribution in [0.5, 0.6) is 5.75 Å². The molecule has 0 unspecified atom stereocenters. The molecule has 0 aliphatic heterocycles. The van der Waals surface area contributed by atoms with Gasteiger partial charge in [-0.1, -0.05) is 31.4 Å². The van der Waals surface area contributed by atoms with E-state index < -0.39 is 5.60 Å². The Hall–Kier alpha value is -1.06. The maximum atomic E-state index is 10.7. The first kappa shape index (κ1) is 26.0. The molecule has 0 atom stereocenters. The van der Waals surface area contributed by atoms with Crippen LogP contribution in [0.25, 0.3) is 0 Å². The van der Waals surface area contributed by atoms with Crippen LogP contribution in [0.1, 0.15) is 57.1 Å². The number of rotatable bonds is 10. The van der Waals surface area contributed by atoms with E-state index >= 15 is 0 Å². The predicted octanol–water partition coefficient (Wildman–Crippen LogP) is 3.78. The molecule has 1 aromatic carbocycles. The first-order valence-corrected chi connectivity index (χ1v) is 10.6. The SMILES string of the molecule is CCNC(=NCc1ccc(C)cc1OCCOCC)NCC1(O)CCCCC1.I. The molecule has 6 nitrogen and oxygen atoms in total. The first-order chi connectivity index (χ1) is 13.6. The number of halogens is 1. The normalized spacial score (nSPS) is 16.1. The van der Waals surface area contributed by atoms with Crippen LogP contribution in [-0.2, 0) is 11.3 Å². The van der Waals surface area contributed by atoms with E-state index in [4.69, 9.17) is 14.5 Å². The number of benzene rings is 1. The molecule has 0 amide bonds. The van der Waals surface area contributed by atoms with Crippen molar-refractivity contribution in [1.29, 1.82) is 0 Å². The van der Waals surface area contributed by atoms with Gasteiger partial charge in [-0.2, -0.15) is 0 Å². The molecule has 0 aromatic heterocycles. The fourth-order valence-electron chi connectivity index (χ4n) is 3.42. The van der Waals surface area contributed by atoms with E-state index in [0.717, 1.165) is 55.1 Å². The Labute approximate surface area is 192 Å². The lowest BCUT2D eigenvalue weighted by molar-refractivity contribution is 0.00859. The lowest BCUT2D eigenvalue weighted by Gasteiger charge is -2.32. The number of hydrogen-bond donors (Lipinski definition) is 3. The summed E-state index contributed by atoms with van der Waals surface area (Å²) in [7, 11) is 0. The summed E-state index contributed by atoms with van der Waals surface area (Å²) in [6.07, 6.45) is 5.12. The van der Waals surface area contributed by atoms with Crippen molar-refractivity contribution < 1.29 is 14.6 Å². The van der Waals surface area contributed by atoms with Crippen LogP contribution in [0.15, 0.2) is 23.2 Å². The molecule has 0 bridgehead atoms. The Morgan fingerprint density at radius 1 is 1.14 bits per heavy atom. The highest BCUT2D eigenvalue weighted by molar-refractivity contribution is 14.0. The molecule has 0 spiro atoms. The largest absolute Gasteiger partial charge is 0.491 e. The van der Waals surface area contributed by atoms with Crippen molar-refractivity contribution >= 4 is 29.9 Å². The van der Waals surface area contributed by atoms with Gasteiger partial charge in [0.05, 0.1) is 18.8 Å². The number of hydrogen-bond acceptors (Lipinski definition) is 4. The molecule has 1 fully saturated rings. The number of aliphatic hydroxyl groups is 1. The van der Waals surface area contributed by atoms with Gasteiger partial charge < -0.3 is 25.2 Å². The first-order valence-electron chi connectivity index (χ1n) is 10.6. The molecule has 1 saturated carbocycles. The molecule has 3 N–H and O–H groups in total. The highest BCUT2D eigenvalue weighted by Gasteiger charge is 2.29. The van der Waals surface area contributed by atoms with Gasteiger partial charge in [0.15, 0.2) is 5.96 Å². The molecule has 0 radical (unpaired) electrons.